The van der Waals surface area contributed by atoms with Gasteiger partial charge in [0.1, 0.15) is 10.7 Å². The van der Waals surface area contributed by atoms with Crippen LogP contribution < -0.4 is 5.56 Å². The highest BCUT2D eigenvalue weighted by Crippen LogP contribution is 2.31. The maximum absolute atomic E-state index is 12.3. The molecule has 0 radical (unpaired) electrons. The number of aromatic amines is 1. The summed E-state index contributed by atoms with van der Waals surface area (Å²) in [7, 11) is 0. The number of aromatic nitrogens is 2. The van der Waals surface area contributed by atoms with Crippen LogP contribution in [0.4, 0.5) is 0 Å². The molecule has 2 heterocycles. The summed E-state index contributed by atoms with van der Waals surface area (Å²) in [6.07, 6.45) is 0. The van der Waals surface area contributed by atoms with E-state index in [-0.39, 0.29) is 11.5 Å². The molecular formula is C16H16N2OS. The van der Waals surface area contributed by atoms with Crippen LogP contribution in [0, 0.1) is 6.92 Å². The fourth-order valence-corrected chi connectivity index (χ4v) is 3.14. The normalized spacial score (nSPS) is 11.4. The summed E-state index contributed by atoms with van der Waals surface area (Å²) in [6, 6.07) is 8.21. The van der Waals surface area contributed by atoms with E-state index < -0.39 is 0 Å². The maximum Gasteiger partial charge on any atom is 0.260 e. The molecule has 0 saturated heterocycles. The minimum Gasteiger partial charge on any atom is -0.310 e. The topological polar surface area (TPSA) is 45.8 Å². The molecule has 0 aliphatic carbocycles. The standard InChI is InChI=1S/C16H16N2OS/c1-9(2)14-17-15(19)13-12(8-20-16(13)18-14)11-6-4-10(3)5-7-11/h4-9H,1-3H3,(H,17,18,19). The van der Waals surface area contributed by atoms with Gasteiger partial charge in [-0.2, -0.15) is 0 Å². The Labute approximate surface area is 121 Å². The molecule has 0 fully saturated rings. The minimum atomic E-state index is -0.0458. The number of thiophene rings is 1. The summed E-state index contributed by atoms with van der Waals surface area (Å²) < 4.78 is 0. The lowest BCUT2D eigenvalue weighted by Crippen LogP contribution is -2.12. The van der Waals surface area contributed by atoms with E-state index in [0.717, 1.165) is 21.8 Å². The van der Waals surface area contributed by atoms with Crippen LogP contribution in [0.3, 0.4) is 0 Å². The Kier molecular flexibility index (Phi) is 3.18. The molecular weight excluding hydrogens is 268 g/mol. The summed E-state index contributed by atoms with van der Waals surface area (Å²) in [5, 5.41) is 2.71. The van der Waals surface area contributed by atoms with Crippen molar-refractivity contribution in [1.82, 2.24) is 9.97 Å². The second kappa shape index (κ2) is 4.87. The van der Waals surface area contributed by atoms with Gasteiger partial charge in [-0.1, -0.05) is 43.7 Å². The number of H-pyrrole nitrogens is 1. The van der Waals surface area contributed by atoms with Crippen molar-refractivity contribution in [3.63, 3.8) is 0 Å². The van der Waals surface area contributed by atoms with Crippen molar-refractivity contribution in [1.29, 1.82) is 0 Å². The fourth-order valence-electron chi connectivity index (χ4n) is 2.18. The largest absolute Gasteiger partial charge is 0.310 e. The lowest BCUT2D eigenvalue weighted by Gasteiger charge is -2.04. The molecule has 0 spiro atoms. The van der Waals surface area contributed by atoms with Crippen LogP contribution in [0.2, 0.25) is 0 Å². The Bertz CT molecular complexity index is 813. The summed E-state index contributed by atoms with van der Waals surface area (Å²) in [5.74, 6) is 0.969. The van der Waals surface area contributed by atoms with Crippen molar-refractivity contribution < 1.29 is 0 Å². The van der Waals surface area contributed by atoms with Gasteiger partial charge in [-0.15, -0.1) is 11.3 Å². The van der Waals surface area contributed by atoms with Crippen molar-refractivity contribution in [3.8, 4) is 11.1 Å². The third-order valence-electron chi connectivity index (χ3n) is 3.37. The SMILES string of the molecule is Cc1ccc(-c2csc3nc(C(C)C)[nH]c(=O)c23)cc1. The second-order valence-electron chi connectivity index (χ2n) is 5.30. The third-order valence-corrected chi connectivity index (χ3v) is 4.24. The summed E-state index contributed by atoms with van der Waals surface area (Å²) in [6.45, 7) is 6.11. The lowest BCUT2D eigenvalue weighted by atomic mass is 10.0. The number of hydrogen-bond donors (Lipinski definition) is 1. The van der Waals surface area contributed by atoms with Crippen LogP contribution in [0.1, 0.15) is 31.2 Å². The average molecular weight is 284 g/mol. The van der Waals surface area contributed by atoms with Gasteiger partial charge in [0.2, 0.25) is 0 Å². The Hall–Kier alpha value is -1.94. The van der Waals surface area contributed by atoms with Crippen molar-refractivity contribution >= 4 is 21.6 Å². The molecule has 0 amide bonds. The molecule has 4 heteroatoms. The molecule has 0 unspecified atom stereocenters. The molecule has 20 heavy (non-hydrogen) atoms. The number of hydrogen-bond acceptors (Lipinski definition) is 3. The Morgan fingerprint density at radius 3 is 2.55 bits per heavy atom. The Morgan fingerprint density at radius 2 is 1.90 bits per heavy atom. The molecule has 3 nitrogen and oxygen atoms in total. The average Bonchev–Trinajstić information content (AvgIpc) is 2.84. The molecule has 0 aliphatic rings. The van der Waals surface area contributed by atoms with Crippen molar-refractivity contribution in [2.24, 2.45) is 0 Å². The molecule has 0 saturated carbocycles. The van der Waals surface area contributed by atoms with Gasteiger partial charge in [-0.05, 0) is 12.5 Å². The summed E-state index contributed by atoms with van der Waals surface area (Å²) in [4.78, 5) is 20.6. The van der Waals surface area contributed by atoms with Crippen LogP contribution in [-0.4, -0.2) is 9.97 Å². The van der Waals surface area contributed by atoms with Crippen molar-refractivity contribution in [3.05, 3.63) is 51.4 Å². The van der Waals surface area contributed by atoms with Gasteiger partial charge in [0, 0.05) is 16.9 Å². The van der Waals surface area contributed by atoms with E-state index in [1.54, 1.807) is 0 Å². The first-order valence-electron chi connectivity index (χ1n) is 6.64. The van der Waals surface area contributed by atoms with Gasteiger partial charge >= 0.3 is 0 Å². The lowest BCUT2D eigenvalue weighted by molar-refractivity contribution is 0.778. The van der Waals surface area contributed by atoms with Crippen LogP contribution >= 0.6 is 11.3 Å². The number of rotatable bonds is 2. The highest BCUT2D eigenvalue weighted by atomic mass is 32.1. The third kappa shape index (κ3) is 2.16. The zero-order valence-electron chi connectivity index (χ0n) is 11.7. The first-order chi connectivity index (χ1) is 9.56. The van der Waals surface area contributed by atoms with Gasteiger partial charge in [0.15, 0.2) is 0 Å². The van der Waals surface area contributed by atoms with Gasteiger partial charge in [0.05, 0.1) is 5.39 Å². The quantitative estimate of drug-likeness (QED) is 0.770. The fraction of sp³-hybridized carbons (Fsp3) is 0.250. The first-order valence-corrected chi connectivity index (χ1v) is 7.52. The number of benzene rings is 1. The molecule has 0 bridgehead atoms. The van der Waals surface area contributed by atoms with Gasteiger partial charge in [-0.3, -0.25) is 4.79 Å². The van der Waals surface area contributed by atoms with Crippen LogP contribution in [0.5, 0.6) is 0 Å². The number of fused-ring (bicyclic) bond motifs is 1. The zero-order chi connectivity index (χ0) is 14.3. The van der Waals surface area contributed by atoms with E-state index in [1.165, 1.54) is 16.9 Å². The molecule has 3 aromatic rings. The van der Waals surface area contributed by atoms with Gasteiger partial charge < -0.3 is 4.98 Å². The van der Waals surface area contributed by atoms with E-state index in [2.05, 4.69) is 29.0 Å². The molecule has 0 atom stereocenters. The predicted octanol–water partition coefficient (Wildman–Crippen LogP) is 4.08. The summed E-state index contributed by atoms with van der Waals surface area (Å²) >= 11 is 1.53. The minimum absolute atomic E-state index is 0.0458. The Balaban J connectivity index is 2.24. The zero-order valence-corrected chi connectivity index (χ0v) is 12.5. The first kappa shape index (κ1) is 13.1. The van der Waals surface area contributed by atoms with Gasteiger partial charge in [0.25, 0.3) is 5.56 Å². The highest BCUT2D eigenvalue weighted by Gasteiger charge is 2.13. The van der Waals surface area contributed by atoms with Gasteiger partial charge in [-0.25, -0.2) is 4.98 Å². The Morgan fingerprint density at radius 1 is 1.20 bits per heavy atom. The monoisotopic (exact) mass is 284 g/mol. The predicted molar refractivity (Wildman–Crippen MR) is 84.5 cm³/mol. The molecule has 0 aliphatic heterocycles. The maximum atomic E-state index is 12.3. The summed E-state index contributed by atoms with van der Waals surface area (Å²) in [5.41, 5.74) is 3.19. The number of nitrogens with one attached hydrogen (secondary N) is 1. The van der Waals surface area contributed by atoms with E-state index >= 15 is 0 Å². The van der Waals surface area contributed by atoms with Crippen LogP contribution in [-0.2, 0) is 0 Å². The molecule has 1 aromatic carbocycles. The van der Waals surface area contributed by atoms with E-state index in [4.69, 9.17) is 0 Å². The van der Waals surface area contributed by atoms with Crippen molar-refractivity contribution in [2.45, 2.75) is 26.7 Å². The molecule has 102 valence electrons. The van der Waals surface area contributed by atoms with E-state index in [1.807, 2.05) is 31.4 Å². The van der Waals surface area contributed by atoms with Crippen molar-refractivity contribution in [2.75, 3.05) is 0 Å². The van der Waals surface area contributed by atoms with E-state index in [9.17, 15) is 4.79 Å². The molecule has 2 aromatic heterocycles. The second-order valence-corrected chi connectivity index (χ2v) is 6.16. The molecule has 3 rings (SSSR count). The smallest absolute Gasteiger partial charge is 0.260 e. The molecule has 1 N–H and O–H groups in total. The number of aryl methyl sites for hydroxylation is 1. The van der Waals surface area contributed by atoms with E-state index in [0.29, 0.717) is 5.39 Å². The number of nitrogens with zero attached hydrogens (tertiary/aromatic N) is 1. The van der Waals surface area contributed by atoms with Crippen LogP contribution in [0.25, 0.3) is 21.3 Å². The highest BCUT2D eigenvalue weighted by molar-refractivity contribution is 7.17. The van der Waals surface area contributed by atoms with Crippen LogP contribution in [0.15, 0.2) is 34.4 Å².